The summed E-state index contributed by atoms with van der Waals surface area (Å²) >= 11 is 0. The average molecular weight is 260 g/mol. The standard InChI is InChI=1S/C20H20/c1-14(17-12-19(17)15-8-4-2-5-9-15)18-13-20(18)16-10-6-3-7-11-16/h2-11,17-20H,1,12-13H2. The first kappa shape index (κ1) is 12.0. The van der Waals surface area contributed by atoms with Gasteiger partial charge in [-0.3, -0.25) is 0 Å². The van der Waals surface area contributed by atoms with Crippen molar-refractivity contribution in [3.05, 3.63) is 83.9 Å². The fraction of sp³-hybridized carbons (Fsp3) is 0.300. The second-order valence-electron chi connectivity index (χ2n) is 6.29. The predicted molar refractivity (Wildman–Crippen MR) is 83.7 cm³/mol. The fourth-order valence-corrected chi connectivity index (χ4v) is 3.62. The zero-order chi connectivity index (χ0) is 13.5. The summed E-state index contributed by atoms with van der Waals surface area (Å²) in [5.74, 6) is 2.94. The predicted octanol–water partition coefficient (Wildman–Crippen LogP) is 5.15. The maximum Gasteiger partial charge on any atom is -0.00902 e. The van der Waals surface area contributed by atoms with Gasteiger partial charge in [0.05, 0.1) is 0 Å². The average Bonchev–Trinajstić information content (AvgIpc) is 3.40. The normalized spacial score (nSPS) is 30.8. The van der Waals surface area contributed by atoms with Crippen molar-refractivity contribution in [1.29, 1.82) is 0 Å². The number of hydrogen-bond acceptors (Lipinski definition) is 0. The Morgan fingerprint density at radius 3 is 1.50 bits per heavy atom. The molecule has 2 aromatic carbocycles. The van der Waals surface area contributed by atoms with E-state index in [0.29, 0.717) is 0 Å². The summed E-state index contributed by atoms with van der Waals surface area (Å²) in [6.45, 7) is 4.43. The third kappa shape index (κ3) is 2.10. The van der Waals surface area contributed by atoms with Gasteiger partial charge in [-0.2, -0.15) is 0 Å². The Labute approximate surface area is 121 Å². The van der Waals surface area contributed by atoms with Crippen LogP contribution in [0.5, 0.6) is 0 Å². The molecule has 0 heteroatoms. The van der Waals surface area contributed by atoms with Crippen LogP contribution in [0.3, 0.4) is 0 Å². The first-order valence-corrected chi connectivity index (χ1v) is 7.63. The van der Waals surface area contributed by atoms with Crippen LogP contribution in [-0.2, 0) is 0 Å². The lowest BCUT2D eigenvalue weighted by atomic mass is 9.99. The van der Waals surface area contributed by atoms with E-state index in [1.807, 2.05) is 0 Å². The zero-order valence-electron chi connectivity index (χ0n) is 11.7. The van der Waals surface area contributed by atoms with Gasteiger partial charge < -0.3 is 0 Å². The van der Waals surface area contributed by atoms with E-state index in [4.69, 9.17) is 0 Å². The van der Waals surface area contributed by atoms with Crippen LogP contribution < -0.4 is 0 Å². The Morgan fingerprint density at radius 1 is 0.700 bits per heavy atom. The maximum absolute atomic E-state index is 4.43. The van der Waals surface area contributed by atoms with E-state index >= 15 is 0 Å². The number of allylic oxidation sites excluding steroid dienone is 1. The van der Waals surface area contributed by atoms with Gasteiger partial charge in [-0.15, -0.1) is 0 Å². The summed E-state index contributed by atoms with van der Waals surface area (Å²) in [6, 6.07) is 21.9. The molecule has 0 nitrogen and oxygen atoms in total. The Bertz CT molecular complexity index is 556. The first-order chi connectivity index (χ1) is 9.84. The van der Waals surface area contributed by atoms with Gasteiger partial charge >= 0.3 is 0 Å². The molecule has 2 saturated carbocycles. The van der Waals surface area contributed by atoms with Crippen LogP contribution in [0.2, 0.25) is 0 Å². The Hall–Kier alpha value is -1.82. The van der Waals surface area contributed by atoms with E-state index in [0.717, 1.165) is 23.7 Å². The van der Waals surface area contributed by atoms with Crippen LogP contribution in [0.25, 0.3) is 0 Å². The highest BCUT2D eigenvalue weighted by atomic mass is 14.5. The molecule has 2 aliphatic carbocycles. The quantitative estimate of drug-likeness (QED) is 0.667. The van der Waals surface area contributed by atoms with Gasteiger partial charge in [0.1, 0.15) is 0 Å². The molecule has 2 fully saturated rings. The van der Waals surface area contributed by atoms with Crippen molar-refractivity contribution in [2.75, 3.05) is 0 Å². The lowest BCUT2D eigenvalue weighted by Gasteiger charge is -2.05. The van der Waals surface area contributed by atoms with Crippen molar-refractivity contribution in [3.63, 3.8) is 0 Å². The Balaban J connectivity index is 1.42. The molecule has 4 rings (SSSR count). The SMILES string of the molecule is C=C(C1CC1c1ccccc1)C1CC1c1ccccc1. The minimum Gasteiger partial charge on any atom is -0.0993 e. The van der Waals surface area contributed by atoms with E-state index < -0.39 is 0 Å². The van der Waals surface area contributed by atoms with Crippen molar-refractivity contribution in [2.45, 2.75) is 24.7 Å². The van der Waals surface area contributed by atoms with Gasteiger partial charge in [-0.1, -0.05) is 72.8 Å². The number of benzene rings is 2. The smallest absolute Gasteiger partial charge is 0.00902 e. The molecule has 0 N–H and O–H groups in total. The molecule has 2 aromatic rings. The summed E-state index contributed by atoms with van der Waals surface area (Å²) in [5, 5.41) is 0. The van der Waals surface area contributed by atoms with E-state index in [2.05, 4.69) is 67.2 Å². The van der Waals surface area contributed by atoms with E-state index in [1.54, 1.807) is 0 Å². The minimum absolute atomic E-state index is 0.733. The topological polar surface area (TPSA) is 0 Å². The third-order valence-electron chi connectivity index (χ3n) is 4.99. The maximum atomic E-state index is 4.43. The molecule has 0 saturated heterocycles. The monoisotopic (exact) mass is 260 g/mol. The van der Waals surface area contributed by atoms with Crippen molar-refractivity contribution >= 4 is 0 Å². The summed E-state index contributed by atoms with van der Waals surface area (Å²) in [5.41, 5.74) is 4.50. The molecular formula is C20H20. The van der Waals surface area contributed by atoms with Gasteiger partial charge in [-0.05, 0) is 47.6 Å². The molecule has 0 aliphatic heterocycles. The molecule has 0 spiro atoms. The molecule has 2 aliphatic rings. The molecule has 0 aromatic heterocycles. The number of rotatable bonds is 4. The van der Waals surface area contributed by atoms with E-state index in [-0.39, 0.29) is 0 Å². The van der Waals surface area contributed by atoms with Gasteiger partial charge in [0.25, 0.3) is 0 Å². The van der Waals surface area contributed by atoms with Crippen LogP contribution in [-0.4, -0.2) is 0 Å². The zero-order valence-corrected chi connectivity index (χ0v) is 11.7. The molecular weight excluding hydrogens is 240 g/mol. The molecule has 100 valence electrons. The summed E-state index contributed by atoms with van der Waals surface area (Å²) in [4.78, 5) is 0. The second kappa shape index (κ2) is 4.63. The lowest BCUT2D eigenvalue weighted by molar-refractivity contribution is 0.811. The van der Waals surface area contributed by atoms with Gasteiger partial charge in [0.15, 0.2) is 0 Å². The Kier molecular flexibility index (Phi) is 2.77. The molecule has 0 radical (unpaired) electrons. The Morgan fingerprint density at radius 2 is 1.10 bits per heavy atom. The highest BCUT2D eigenvalue weighted by Gasteiger charge is 2.49. The molecule has 0 amide bonds. The largest absolute Gasteiger partial charge is 0.0993 e. The summed E-state index contributed by atoms with van der Waals surface area (Å²) in [7, 11) is 0. The lowest BCUT2D eigenvalue weighted by Crippen LogP contribution is -1.92. The van der Waals surface area contributed by atoms with E-state index in [1.165, 1.54) is 29.5 Å². The van der Waals surface area contributed by atoms with Crippen molar-refractivity contribution in [1.82, 2.24) is 0 Å². The van der Waals surface area contributed by atoms with Gasteiger partial charge in [0.2, 0.25) is 0 Å². The van der Waals surface area contributed by atoms with Crippen molar-refractivity contribution in [3.8, 4) is 0 Å². The highest BCUT2D eigenvalue weighted by Crippen LogP contribution is 2.61. The molecule has 4 unspecified atom stereocenters. The molecule has 0 heterocycles. The summed E-state index contributed by atoms with van der Waals surface area (Å²) < 4.78 is 0. The van der Waals surface area contributed by atoms with Gasteiger partial charge in [-0.25, -0.2) is 0 Å². The number of hydrogen-bond donors (Lipinski definition) is 0. The molecule has 0 bridgehead atoms. The molecule has 4 atom stereocenters. The van der Waals surface area contributed by atoms with Crippen molar-refractivity contribution in [2.24, 2.45) is 11.8 Å². The molecule has 20 heavy (non-hydrogen) atoms. The van der Waals surface area contributed by atoms with E-state index in [9.17, 15) is 0 Å². The van der Waals surface area contributed by atoms with Crippen LogP contribution in [0, 0.1) is 11.8 Å². The third-order valence-corrected chi connectivity index (χ3v) is 4.99. The van der Waals surface area contributed by atoms with Crippen LogP contribution in [0.15, 0.2) is 72.8 Å². The minimum atomic E-state index is 0.733. The van der Waals surface area contributed by atoms with Crippen molar-refractivity contribution < 1.29 is 0 Å². The summed E-state index contributed by atoms with van der Waals surface area (Å²) in [6.07, 6.45) is 2.61. The second-order valence-corrected chi connectivity index (χ2v) is 6.29. The van der Waals surface area contributed by atoms with Crippen LogP contribution >= 0.6 is 0 Å². The van der Waals surface area contributed by atoms with Crippen LogP contribution in [0.1, 0.15) is 35.8 Å². The van der Waals surface area contributed by atoms with Gasteiger partial charge in [0, 0.05) is 0 Å². The highest BCUT2D eigenvalue weighted by molar-refractivity contribution is 5.37. The fourth-order valence-electron chi connectivity index (χ4n) is 3.62. The first-order valence-electron chi connectivity index (χ1n) is 7.63. The van der Waals surface area contributed by atoms with Crippen LogP contribution in [0.4, 0.5) is 0 Å².